The highest BCUT2D eigenvalue weighted by molar-refractivity contribution is 5.74. The number of benzene rings is 1. The average molecular weight is 343 g/mol. The van der Waals surface area contributed by atoms with E-state index in [4.69, 9.17) is 4.74 Å². The number of rotatable bonds is 5. The van der Waals surface area contributed by atoms with Crippen LogP contribution in [-0.4, -0.2) is 53.7 Å². The number of carbonyl (C=O) groups excluding carboxylic acids is 1. The Bertz CT molecular complexity index is 690. The van der Waals surface area contributed by atoms with Gasteiger partial charge in [-0.1, -0.05) is 24.3 Å². The molecular formula is C19H22FN3O2. The minimum atomic E-state index is -0.234. The second-order valence-electron chi connectivity index (χ2n) is 6.01. The summed E-state index contributed by atoms with van der Waals surface area (Å²) in [6.45, 7) is 3.19. The molecule has 1 aromatic heterocycles. The number of urea groups is 1. The fraction of sp³-hybridized carbons (Fsp3) is 0.368. The van der Waals surface area contributed by atoms with Gasteiger partial charge < -0.3 is 14.5 Å². The fourth-order valence-electron chi connectivity index (χ4n) is 2.87. The monoisotopic (exact) mass is 343 g/mol. The quantitative estimate of drug-likeness (QED) is 0.839. The van der Waals surface area contributed by atoms with Crippen molar-refractivity contribution in [2.45, 2.75) is 13.0 Å². The Morgan fingerprint density at radius 3 is 2.72 bits per heavy atom. The maximum atomic E-state index is 13.9. The van der Waals surface area contributed by atoms with Crippen molar-refractivity contribution in [3.05, 3.63) is 65.7 Å². The van der Waals surface area contributed by atoms with E-state index in [1.54, 1.807) is 34.3 Å². The fourth-order valence-corrected chi connectivity index (χ4v) is 2.87. The van der Waals surface area contributed by atoms with Crippen molar-refractivity contribution < 1.29 is 13.9 Å². The first-order valence-electron chi connectivity index (χ1n) is 8.48. The minimum Gasteiger partial charge on any atom is -0.378 e. The Morgan fingerprint density at radius 1 is 1.20 bits per heavy atom. The van der Waals surface area contributed by atoms with E-state index in [0.717, 1.165) is 5.56 Å². The smallest absolute Gasteiger partial charge is 0.320 e. The molecule has 0 unspecified atom stereocenters. The third-order valence-electron chi connectivity index (χ3n) is 4.26. The standard InChI is InChI=1S/C19H22FN3O2/c20-18-6-2-1-5-17(18)7-9-23(15-16-4-3-8-21-14-16)19(24)22-10-12-25-13-11-22/h1-6,8,14H,7,9-13,15H2. The number of hydrogen-bond donors (Lipinski definition) is 0. The van der Waals surface area contributed by atoms with Gasteiger partial charge in [-0.2, -0.15) is 0 Å². The lowest BCUT2D eigenvalue weighted by Gasteiger charge is -2.33. The lowest BCUT2D eigenvalue weighted by Crippen LogP contribution is -2.48. The molecule has 2 aromatic rings. The predicted octanol–water partition coefficient (Wildman–Crippen LogP) is 2.72. The van der Waals surface area contributed by atoms with Crippen molar-refractivity contribution in [2.24, 2.45) is 0 Å². The third-order valence-corrected chi connectivity index (χ3v) is 4.26. The van der Waals surface area contributed by atoms with E-state index in [2.05, 4.69) is 4.98 Å². The number of amides is 2. The summed E-state index contributed by atoms with van der Waals surface area (Å²) in [5.74, 6) is -0.234. The summed E-state index contributed by atoms with van der Waals surface area (Å²) >= 11 is 0. The van der Waals surface area contributed by atoms with Crippen LogP contribution in [0.3, 0.4) is 0 Å². The van der Waals surface area contributed by atoms with Crippen LogP contribution in [0, 0.1) is 5.82 Å². The molecule has 3 rings (SSSR count). The number of morpholine rings is 1. The number of halogens is 1. The summed E-state index contributed by atoms with van der Waals surface area (Å²) < 4.78 is 19.2. The van der Waals surface area contributed by atoms with Crippen LogP contribution in [-0.2, 0) is 17.7 Å². The molecule has 1 aromatic carbocycles. The summed E-state index contributed by atoms with van der Waals surface area (Å²) in [6.07, 6.45) is 3.93. The third kappa shape index (κ3) is 4.76. The second-order valence-corrected chi connectivity index (χ2v) is 6.01. The first kappa shape index (κ1) is 17.4. The van der Waals surface area contributed by atoms with E-state index in [0.29, 0.717) is 51.4 Å². The predicted molar refractivity (Wildman–Crippen MR) is 92.5 cm³/mol. The van der Waals surface area contributed by atoms with Gasteiger partial charge in [0.25, 0.3) is 0 Å². The molecule has 6 heteroatoms. The van der Waals surface area contributed by atoms with Crippen LogP contribution in [0.5, 0.6) is 0 Å². The molecule has 1 aliphatic rings. The van der Waals surface area contributed by atoms with Gasteiger partial charge in [0.1, 0.15) is 5.82 Å². The van der Waals surface area contributed by atoms with Crippen LogP contribution < -0.4 is 0 Å². The summed E-state index contributed by atoms with van der Waals surface area (Å²) in [4.78, 5) is 20.6. The highest BCUT2D eigenvalue weighted by Gasteiger charge is 2.23. The molecule has 2 heterocycles. The van der Waals surface area contributed by atoms with Crippen molar-refractivity contribution in [3.63, 3.8) is 0 Å². The molecular weight excluding hydrogens is 321 g/mol. The Labute approximate surface area is 147 Å². The lowest BCUT2D eigenvalue weighted by atomic mass is 10.1. The Kier molecular flexibility index (Phi) is 5.95. The maximum Gasteiger partial charge on any atom is 0.320 e. The van der Waals surface area contributed by atoms with Gasteiger partial charge in [-0.15, -0.1) is 0 Å². The molecule has 1 fully saturated rings. The first-order valence-corrected chi connectivity index (χ1v) is 8.48. The van der Waals surface area contributed by atoms with E-state index in [1.807, 2.05) is 18.2 Å². The SMILES string of the molecule is O=C(N1CCOCC1)N(CCc1ccccc1F)Cc1cccnc1. The number of ether oxygens (including phenoxy) is 1. The molecule has 0 bridgehead atoms. The number of carbonyl (C=O) groups is 1. The van der Waals surface area contributed by atoms with Gasteiger partial charge in [-0.25, -0.2) is 9.18 Å². The summed E-state index contributed by atoms with van der Waals surface area (Å²) in [5.41, 5.74) is 1.58. The molecule has 0 radical (unpaired) electrons. The molecule has 2 amide bonds. The number of aromatic nitrogens is 1. The molecule has 0 aliphatic carbocycles. The van der Waals surface area contributed by atoms with Crippen LogP contribution in [0.25, 0.3) is 0 Å². The van der Waals surface area contributed by atoms with E-state index in [9.17, 15) is 9.18 Å². The molecule has 132 valence electrons. The Balaban J connectivity index is 1.71. The van der Waals surface area contributed by atoms with Crippen LogP contribution in [0.2, 0.25) is 0 Å². The minimum absolute atomic E-state index is 0.0384. The number of nitrogens with zero attached hydrogens (tertiary/aromatic N) is 3. The summed E-state index contributed by atoms with van der Waals surface area (Å²) in [6, 6.07) is 10.4. The normalized spacial score (nSPS) is 14.4. The molecule has 25 heavy (non-hydrogen) atoms. The van der Waals surface area contributed by atoms with Crippen molar-refractivity contribution >= 4 is 6.03 Å². The van der Waals surface area contributed by atoms with Gasteiger partial charge in [0.2, 0.25) is 0 Å². The molecule has 0 atom stereocenters. The lowest BCUT2D eigenvalue weighted by molar-refractivity contribution is 0.0426. The molecule has 0 N–H and O–H groups in total. The Hall–Kier alpha value is -2.47. The largest absolute Gasteiger partial charge is 0.378 e. The Morgan fingerprint density at radius 2 is 2.00 bits per heavy atom. The highest BCUT2D eigenvalue weighted by Crippen LogP contribution is 2.12. The first-order chi connectivity index (χ1) is 12.2. The van der Waals surface area contributed by atoms with Gasteiger partial charge in [-0.3, -0.25) is 4.98 Å². The zero-order chi connectivity index (χ0) is 17.5. The summed E-state index contributed by atoms with van der Waals surface area (Å²) in [5, 5.41) is 0. The topological polar surface area (TPSA) is 45.7 Å². The van der Waals surface area contributed by atoms with Crippen molar-refractivity contribution in [2.75, 3.05) is 32.8 Å². The van der Waals surface area contributed by atoms with Gasteiger partial charge in [0.05, 0.1) is 13.2 Å². The zero-order valence-electron chi connectivity index (χ0n) is 14.1. The summed E-state index contributed by atoms with van der Waals surface area (Å²) in [7, 11) is 0. The average Bonchev–Trinajstić information content (AvgIpc) is 2.67. The molecule has 1 saturated heterocycles. The van der Waals surface area contributed by atoms with E-state index >= 15 is 0 Å². The van der Waals surface area contributed by atoms with Crippen molar-refractivity contribution in [1.29, 1.82) is 0 Å². The van der Waals surface area contributed by atoms with Crippen LogP contribution in [0.1, 0.15) is 11.1 Å². The van der Waals surface area contributed by atoms with Gasteiger partial charge in [0.15, 0.2) is 0 Å². The van der Waals surface area contributed by atoms with Gasteiger partial charge >= 0.3 is 6.03 Å². The molecule has 0 spiro atoms. The van der Waals surface area contributed by atoms with E-state index in [1.165, 1.54) is 6.07 Å². The second kappa shape index (κ2) is 8.58. The zero-order valence-corrected chi connectivity index (χ0v) is 14.1. The van der Waals surface area contributed by atoms with Crippen LogP contribution in [0.4, 0.5) is 9.18 Å². The van der Waals surface area contributed by atoms with Gasteiger partial charge in [0, 0.05) is 38.6 Å². The van der Waals surface area contributed by atoms with E-state index < -0.39 is 0 Å². The number of pyridine rings is 1. The maximum absolute atomic E-state index is 13.9. The van der Waals surface area contributed by atoms with Crippen molar-refractivity contribution in [3.8, 4) is 0 Å². The highest BCUT2D eigenvalue weighted by atomic mass is 19.1. The molecule has 5 nitrogen and oxygen atoms in total. The molecule has 1 aliphatic heterocycles. The van der Waals surface area contributed by atoms with E-state index in [-0.39, 0.29) is 11.8 Å². The van der Waals surface area contributed by atoms with Crippen LogP contribution >= 0.6 is 0 Å². The van der Waals surface area contributed by atoms with Gasteiger partial charge in [-0.05, 0) is 29.7 Å². The molecule has 0 saturated carbocycles. The van der Waals surface area contributed by atoms with Crippen molar-refractivity contribution in [1.82, 2.24) is 14.8 Å². The number of hydrogen-bond acceptors (Lipinski definition) is 3. The van der Waals surface area contributed by atoms with Crippen LogP contribution in [0.15, 0.2) is 48.8 Å².